The summed E-state index contributed by atoms with van der Waals surface area (Å²) in [4.78, 5) is 14.4. The van der Waals surface area contributed by atoms with E-state index in [1.807, 2.05) is 39.9 Å². The third kappa shape index (κ3) is 3.28. The second-order valence-corrected chi connectivity index (χ2v) is 6.02. The van der Waals surface area contributed by atoms with E-state index in [-0.39, 0.29) is 18.3 Å². The minimum Gasteiger partial charge on any atom is -0.338 e. The van der Waals surface area contributed by atoms with E-state index in [0.29, 0.717) is 18.4 Å². The van der Waals surface area contributed by atoms with Crippen molar-refractivity contribution in [2.45, 2.75) is 5.92 Å². The summed E-state index contributed by atoms with van der Waals surface area (Å²) in [5, 5.41) is 3.86. The topological polar surface area (TPSA) is 46.3 Å². The molecule has 1 saturated heterocycles. The molecule has 0 radical (unpaired) electrons. The minimum atomic E-state index is 0. The molecule has 0 bridgehead atoms. The van der Waals surface area contributed by atoms with Gasteiger partial charge >= 0.3 is 0 Å². The van der Waals surface area contributed by atoms with Crippen LogP contribution in [0.4, 0.5) is 0 Å². The quantitative estimate of drug-likeness (QED) is 0.944. The van der Waals surface area contributed by atoms with Crippen LogP contribution in [0.1, 0.15) is 21.8 Å². The molecular formula is C16H19ClN2OS. The lowest BCUT2D eigenvalue weighted by molar-refractivity contribution is 0.0787. The van der Waals surface area contributed by atoms with Crippen molar-refractivity contribution in [3.8, 4) is 0 Å². The number of likely N-dealkylation sites (tertiary alicyclic amines) is 1. The Bertz CT molecular complexity index is 573. The second kappa shape index (κ2) is 7.07. The third-order valence-corrected chi connectivity index (χ3v) is 4.71. The Labute approximate surface area is 135 Å². The maximum Gasteiger partial charge on any atom is 0.254 e. The van der Waals surface area contributed by atoms with Crippen LogP contribution in [0.5, 0.6) is 0 Å². The van der Waals surface area contributed by atoms with Crippen molar-refractivity contribution in [2.24, 2.45) is 11.7 Å². The Hall–Kier alpha value is -1.36. The van der Waals surface area contributed by atoms with E-state index in [2.05, 4.69) is 12.1 Å². The van der Waals surface area contributed by atoms with Crippen LogP contribution in [0, 0.1) is 5.92 Å². The molecule has 2 atom stereocenters. The van der Waals surface area contributed by atoms with Crippen LogP contribution in [-0.4, -0.2) is 30.4 Å². The molecule has 2 heterocycles. The molecule has 0 spiro atoms. The summed E-state index contributed by atoms with van der Waals surface area (Å²) in [5.74, 6) is 0.826. The van der Waals surface area contributed by atoms with Gasteiger partial charge in [-0.1, -0.05) is 30.3 Å². The first-order chi connectivity index (χ1) is 9.79. The highest BCUT2D eigenvalue weighted by Gasteiger charge is 2.35. The molecule has 0 unspecified atom stereocenters. The zero-order chi connectivity index (χ0) is 13.9. The number of halogens is 1. The second-order valence-electron chi connectivity index (χ2n) is 5.24. The number of carbonyl (C=O) groups is 1. The zero-order valence-corrected chi connectivity index (χ0v) is 13.3. The van der Waals surface area contributed by atoms with Crippen LogP contribution in [0.3, 0.4) is 0 Å². The Morgan fingerprint density at radius 3 is 2.62 bits per heavy atom. The molecule has 112 valence electrons. The van der Waals surface area contributed by atoms with Crippen molar-refractivity contribution >= 4 is 29.7 Å². The lowest BCUT2D eigenvalue weighted by Gasteiger charge is -2.16. The summed E-state index contributed by atoms with van der Waals surface area (Å²) in [5.41, 5.74) is 7.98. The van der Waals surface area contributed by atoms with Gasteiger partial charge < -0.3 is 10.6 Å². The van der Waals surface area contributed by atoms with Gasteiger partial charge in [0.25, 0.3) is 5.91 Å². The SMILES string of the molecule is Cl.NC[C@@H]1CN(C(=O)c2ccsc2)C[C@H]1c1ccccc1. The van der Waals surface area contributed by atoms with Crippen molar-refractivity contribution in [3.63, 3.8) is 0 Å². The van der Waals surface area contributed by atoms with Crippen LogP contribution in [-0.2, 0) is 0 Å². The molecule has 1 aromatic heterocycles. The van der Waals surface area contributed by atoms with Gasteiger partial charge in [-0.15, -0.1) is 12.4 Å². The average Bonchev–Trinajstić information content (AvgIpc) is 3.17. The summed E-state index contributed by atoms with van der Waals surface area (Å²) in [6.45, 7) is 2.14. The minimum absolute atomic E-state index is 0. The van der Waals surface area contributed by atoms with Gasteiger partial charge in [0.15, 0.2) is 0 Å². The highest BCUT2D eigenvalue weighted by Crippen LogP contribution is 2.32. The fourth-order valence-corrected chi connectivity index (χ4v) is 3.55. The van der Waals surface area contributed by atoms with E-state index in [9.17, 15) is 4.79 Å². The number of thiophene rings is 1. The van der Waals surface area contributed by atoms with E-state index < -0.39 is 0 Å². The van der Waals surface area contributed by atoms with Gasteiger partial charge in [0, 0.05) is 24.4 Å². The fraction of sp³-hybridized carbons (Fsp3) is 0.312. The molecule has 3 nitrogen and oxygen atoms in total. The molecule has 21 heavy (non-hydrogen) atoms. The molecule has 1 fully saturated rings. The summed E-state index contributed by atoms with van der Waals surface area (Å²) >= 11 is 1.56. The standard InChI is InChI=1S/C16H18N2OS.ClH/c17-8-14-9-18(16(19)13-6-7-20-11-13)10-15(14)12-4-2-1-3-5-12;/h1-7,11,14-15H,8-10,17H2;1H/t14-,15+;/m1./s1. The molecule has 5 heteroatoms. The lowest BCUT2D eigenvalue weighted by atomic mass is 9.89. The Kier molecular flexibility index (Phi) is 5.39. The maximum absolute atomic E-state index is 12.4. The van der Waals surface area contributed by atoms with Crippen molar-refractivity contribution in [2.75, 3.05) is 19.6 Å². The van der Waals surface area contributed by atoms with E-state index in [1.165, 1.54) is 5.56 Å². The van der Waals surface area contributed by atoms with Crippen molar-refractivity contribution in [1.82, 2.24) is 4.90 Å². The Morgan fingerprint density at radius 1 is 1.24 bits per heavy atom. The predicted octanol–water partition coefficient (Wildman–Crippen LogP) is 2.98. The predicted molar refractivity (Wildman–Crippen MR) is 89.2 cm³/mol. The van der Waals surface area contributed by atoms with Crippen LogP contribution in [0.2, 0.25) is 0 Å². The first-order valence-corrected chi connectivity index (χ1v) is 7.80. The van der Waals surface area contributed by atoms with Crippen LogP contribution >= 0.6 is 23.7 Å². The number of nitrogens with zero attached hydrogens (tertiary/aromatic N) is 1. The van der Waals surface area contributed by atoms with Gasteiger partial charge in [-0.2, -0.15) is 11.3 Å². The van der Waals surface area contributed by atoms with Gasteiger partial charge in [-0.25, -0.2) is 0 Å². The van der Waals surface area contributed by atoms with Crippen molar-refractivity contribution in [3.05, 3.63) is 58.3 Å². The summed E-state index contributed by atoms with van der Waals surface area (Å²) < 4.78 is 0. The summed E-state index contributed by atoms with van der Waals surface area (Å²) in [6.07, 6.45) is 0. The number of rotatable bonds is 3. The summed E-state index contributed by atoms with van der Waals surface area (Å²) in [6, 6.07) is 12.3. The normalized spacial score (nSPS) is 21.1. The van der Waals surface area contributed by atoms with E-state index in [4.69, 9.17) is 5.73 Å². The first-order valence-electron chi connectivity index (χ1n) is 6.86. The number of hydrogen-bond donors (Lipinski definition) is 1. The smallest absolute Gasteiger partial charge is 0.254 e. The monoisotopic (exact) mass is 322 g/mol. The van der Waals surface area contributed by atoms with E-state index in [1.54, 1.807) is 11.3 Å². The average molecular weight is 323 g/mol. The molecule has 1 aliphatic heterocycles. The molecule has 1 amide bonds. The molecular weight excluding hydrogens is 304 g/mol. The molecule has 1 aliphatic rings. The largest absolute Gasteiger partial charge is 0.338 e. The Balaban J connectivity index is 0.00000161. The van der Waals surface area contributed by atoms with Gasteiger partial charge in [-0.05, 0) is 29.5 Å². The van der Waals surface area contributed by atoms with Crippen LogP contribution < -0.4 is 5.73 Å². The Morgan fingerprint density at radius 2 is 2.00 bits per heavy atom. The van der Waals surface area contributed by atoms with Crippen molar-refractivity contribution < 1.29 is 4.79 Å². The van der Waals surface area contributed by atoms with Crippen LogP contribution in [0.15, 0.2) is 47.2 Å². The van der Waals surface area contributed by atoms with Gasteiger partial charge in [0.1, 0.15) is 0 Å². The number of amides is 1. The molecule has 0 aliphatic carbocycles. The van der Waals surface area contributed by atoms with Gasteiger partial charge in [0.05, 0.1) is 5.56 Å². The maximum atomic E-state index is 12.4. The lowest BCUT2D eigenvalue weighted by Crippen LogP contribution is -2.29. The van der Waals surface area contributed by atoms with Crippen molar-refractivity contribution in [1.29, 1.82) is 0 Å². The number of hydrogen-bond acceptors (Lipinski definition) is 3. The number of carbonyl (C=O) groups excluding carboxylic acids is 1. The van der Waals surface area contributed by atoms with Gasteiger partial charge in [-0.3, -0.25) is 4.79 Å². The van der Waals surface area contributed by atoms with E-state index in [0.717, 1.165) is 18.7 Å². The number of nitrogens with two attached hydrogens (primary N) is 1. The third-order valence-electron chi connectivity index (χ3n) is 4.03. The highest BCUT2D eigenvalue weighted by atomic mass is 35.5. The van der Waals surface area contributed by atoms with Gasteiger partial charge in [0.2, 0.25) is 0 Å². The molecule has 0 saturated carbocycles. The molecule has 2 aromatic rings. The molecule has 2 N–H and O–H groups in total. The molecule has 3 rings (SSSR count). The zero-order valence-electron chi connectivity index (χ0n) is 11.6. The highest BCUT2D eigenvalue weighted by molar-refractivity contribution is 7.08. The van der Waals surface area contributed by atoms with Crippen LogP contribution in [0.25, 0.3) is 0 Å². The first kappa shape index (κ1) is 16.0. The van der Waals surface area contributed by atoms with E-state index >= 15 is 0 Å². The fourth-order valence-electron chi connectivity index (χ4n) is 2.92. The summed E-state index contributed by atoms with van der Waals surface area (Å²) in [7, 11) is 0. The number of benzene rings is 1. The molecule has 1 aromatic carbocycles.